The second kappa shape index (κ2) is 5.24. The van der Waals surface area contributed by atoms with Crippen LogP contribution in [0.15, 0.2) is 12.4 Å². The molecule has 2 aliphatic heterocycles. The number of likely N-dealkylation sites (N-methyl/N-ethyl adjacent to an activating group) is 1. The number of hydrogen-bond donors (Lipinski definition) is 2. The summed E-state index contributed by atoms with van der Waals surface area (Å²) in [4.78, 5) is 28.0. The predicted molar refractivity (Wildman–Crippen MR) is 73.1 cm³/mol. The normalized spacial score (nSPS) is 26.2. The van der Waals surface area contributed by atoms with E-state index < -0.39 is 0 Å². The largest absolute Gasteiger partial charge is 0.341 e. The molecule has 0 spiro atoms. The van der Waals surface area contributed by atoms with Crippen molar-refractivity contribution in [3.63, 3.8) is 0 Å². The van der Waals surface area contributed by atoms with Crippen molar-refractivity contribution in [2.45, 2.75) is 18.9 Å². The Morgan fingerprint density at radius 1 is 1.55 bits per heavy atom. The number of rotatable bonds is 3. The minimum Gasteiger partial charge on any atom is -0.341 e. The Kier molecular flexibility index (Phi) is 3.43. The van der Waals surface area contributed by atoms with Crippen molar-refractivity contribution < 1.29 is 9.59 Å². The molecule has 7 nitrogen and oxygen atoms in total. The average molecular weight is 277 g/mol. The van der Waals surface area contributed by atoms with E-state index in [1.807, 2.05) is 7.05 Å². The highest BCUT2D eigenvalue weighted by Gasteiger charge is 2.38. The highest BCUT2D eigenvalue weighted by Crippen LogP contribution is 2.26. The van der Waals surface area contributed by atoms with E-state index in [1.54, 1.807) is 22.2 Å². The number of amides is 2. The molecule has 0 aliphatic carbocycles. The van der Waals surface area contributed by atoms with E-state index in [-0.39, 0.29) is 30.2 Å². The van der Waals surface area contributed by atoms with Crippen LogP contribution in [-0.4, -0.2) is 59.6 Å². The molecule has 2 amide bonds. The Balaban J connectivity index is 1.66. The first-order chi connectivity index (χ1) is 9.66. The molecule has 0 bridgehead atoms. The van der Waals surface area contributed by atoms with Crippen molar-refractivity contribution in [2.75, 3.05) is 31.6 Å². The number of aromatic amines is 1. The SMILES string of the molecule is CN(C(=O)[C@@H]1CC(=O)N(c2cn[nH]c2)C1)[C@@H]1CCNC1. The summed E-state index contributed by atoms with van der Waals surface area (Å²) in [7, 11) is 1.84. The highest BCUT2D eigenvalue weighted by atomic mass is 16.2. The highest BCUT2D eigenvalue weighted by molar-refractivity contribution is 6.00. The van der Waals surface area contributed by atoms with Gasteiger partial charge in [-0.25, -0.2) is 0 Å². The van der Waals surface area contributed by atoms with Crippen LogP contribution < -0.4 is 10.2 Å². The van der Waals surface area contributed by atoms with Crippen molar-refractivity contribution in [3.8, 4) is 0 Å². The first-order valence-electron chi connectivity index (χ1n) is 6.93. The number of carbonyl (C=O) groups excluding carboxylic acids is 2. The smallest absolute Gasteiger partial charge is 0.228 e. The standard InChI is InChI=1S/C13H19N5O2/c1-17(10-2-3-14-5-10)13(20)9-4-12(19)18(8-9)11-6-15-16-7-11/h6-7,9-10,14H,2-5,8H2,1H3,(H,15,16)/t9-,10-/m1/s1. The Morgan fingerprint density at radius 3 is 3.05 bits per heavy atom. The number of anilines is 1. The monoisotopic (exact) mass is 277 g/mol. The van der Waals surface area contributed by atoms with Crippen LogP contribution in [0.5, 0.6) is 0 Å². The Labute approximate surface area is 117 Å². The quantitative estimate of drug-likeness (QED) is 0.786. The zero-order valence-corrected chi connectivity index (χ0v) is 11.5. The van der Waals surface area contributed by atoms with Gasteiger partial charge < -0.3 is 15.1 Å². The molecule has 0 aromatic carbocycles. The first-order valence-corrected chi connectivity index (χ1v) is 6.93. The fourth-order valence-electron chi connectivity index (χ4n) is 2.95. The molecule has 20 heavy (non-hydrogen) atoms. The van der Waals surface area contributed by atoms with Gasteiger partial charge in [0, 0.05) is 38.8 Å². The molecule has 2 saturated heterocycles. The van der Waals surface area contributed by atoms with Crippen LogP contribution in [0.3, 0.4) is 0 Å². The van der Waals surface area contributed by atoms with E-state index >= 15 is 0 Å². The zero-order chi connectivity index (χ0) is 14.1. The fraction of sp³-hybridized carbons (Fsp3) is 0.615. The van der Waals surface area contributed by atoms with Crippen molar-refractivity contribution in [2.24, 2.45) is 5.92 Å². The van der Waals surface area contributed by atoms with Gasteiger partial charge in [-0.2, -0.15) is 5.10 Å². The van der Waals surface area contributed by atoms with E-state index in [1.165, 1.54) is 0 Å². The zero-order valence-electron chi connectivity index (χ0n) is 11.5. The van der Waals surface area contributed by atoms with Crippen molar-refractivity contribution in [1.82, 2.24) is 20.4 Å². The third kappa shape index (κ3) is 2.29. The average Bonchev–Trinajstić information content (AvgIpc) is 3.17. The summed E-state index contributed by atoms with van der Waals surface area (Å²) in [6, 6.07) is 0.251. The maximum atomic E-state index is 12.5. The van der Waals surface area contributed by atoms with Gasteiger partial charge in [0.15, 0.2) is 0 Å². The van der Waals surface area contributed by atoms with Gasteiger partial charge in [0.1, 0.15) is 0 Å². The lowest BCUT2D eigenvalue weighted by Gasteiger charge is -2.26. The summed E-state index contributed by atoms with van der Waals surface area (Å²) in [5, 5.41) is 9.79. The molecule has 2 atom stereocenters. The predicted octanol–water partition coefficient (Wildman–Crippen LogP) is -0.417. The lowest BCUT2D eigenvalue weighted by Crippen LogP contribution is -2.42. The lowest BCUT2D eigenvalue weighted by molar-refractivity contribution is -0.136. The van der Waals surface area contributed by atoms with Gasteiger partial charge in [-0.3, -0.25) is 14.7 Å². The van der Waals surface area contributed by atoms with Crippen LogP contribution >= 0.6 is 0 Å². The van der Waals surface area contributed by atoms with Gasteiger partial charge in [-0.15, -0.1) is 0 Å². The molecule has 3 rings (SSSR count). The molecule has 2 N–H and O–H groups in total. The molecule has 3 heterocycles. The van der Waals surface area contributed by atoms with Crippen molar-refractivity contribution in [3.05, 3.63) is 12.4 Å². The molecule has 0 unspecified atom stereocenters. The second-order valence-electron chi connectivity index (χ2n) is 5.46. The lowest BCUT2D eigenvalue weighted by atomic mass is 10.1. The summed E-state index contributed by atoms with van der Waals surface area (Å²) >= 11 is 0. The minimum absolute atomic E-state index is 0.0114. The summed E-state index contributed by atoms with van der Waals surface area (Å²) < 4.78 is 0. The van der Waals surface area contributed by atoms with Crippen LogP contribution in [0.1, 0.15) is 12.8 Å². The molecular weight excluding hydrogens is 258 g/mol. The van der Waals surface area contributed by atoms with E-state index in [9.17, 15) is 9.59 Å². The number of carbonyl (C=O) groups is 2. The van der Waals surface area contributed by atoms with Crippen LogP contribution in [0.4, 0.5) is 5.69 Å². The molecular formula is C13H19N5O2. The number of hydrogen-bond acceptors (Lipinski definition) is 4. The van der Waals surface area contributed by atoms with Crippen LogP contribution in [0.2, 0.25) is 0 Å². The molecule has 2 aliphatic rings. The van der Waals surface area contributed by atoms with Crippen LogP contribution in [-0.2, 0) is 9.59 Å². The Bertz CT molecular complexity index is 495. The third-order valence-electron chi connectivity index (χ3n) is 4.20. The molecule has 108 valence electrons. The van der Waals surface area contributed by atoms with E-state index in [2.05, 4.69) is 15.5 Å². The van der Waals surface area contributed by atoms with Crippen LogP contribution in [0.25, 0.3) is 0 Å². The molecule has 0 radical (unpaired) electrons. The van der Waals surface area contributed by atoms with E-state index in [0.717, 1.165) is 25.2 Å². The topological polar surface area (TPSA) is 81.3 Å². The minimum atomic E-state index is -0.247. The Morgan fingerprint density at radius 2 is 2.40 bits per heavy atom. The van der Waals surface area contributed by atoms with Gasteiger partial charge in [-0.1, -0.05) is 0 Å². The number of aromatic nitrogens is 2. The van der Waals surface area contributed by atoms with E-state index in [0.29, 0.717) is 6.54 Å². The summed E-state index contributed by atoms with van der Waals surface area (Å²) in [6.45, 7) is 2.24. The van der Waals surface area contributed by atoms with Gasteiger partial charge in [0.25, 0.3) is 0 Å². The number of H-pyrrole nitrogens is 1. The molecule has 7 heteroatoms. The fourth-order valence-corrected chi connectivity index (χ4v) is 2.95. The number of nitrogens with zero attached hydrogens (tertiary/aromatic N) is 3. The van der Waals surface area contributed by atoms with Crippen LogP contribution in [0, 0.1) is 5.92 Å². The number of nitrogens with one attached hydrogen (secondary N) is 2. The maximum Gasteiger partial charge on any atom is 0.228 e. The Hall–Kier alpha value is -1.89. The van der Waals surface area contributed by atoms with Crippen molar-refractivity contribution >= 4 is 17.5 Å². The molecule has 1 aromatic rings. The maximum absolute atomic E-state index is 12.5. The molecule has 0 saturated carbocycles. The molecule has 2 fully saturated rings. The third-order valence-corrected chi connectivity index (χ3v) is 4.20. The molecule has 1 aromatic heterocycles. The summed E-state index contributed by atoms with van der Waals surface area (Å²) in [5.41, 5.74) is 0.732. The van der Waals surface area contributed by atoms with E-state index in [4.69, 9.17) is 0 Å². The summed E-state index contributed by atoms with van der Waals surface area (Å²) in [5.74, 6) is -0.191. The van der Waals surface area contributed by atoms with Gasteiger partial charge in [0.2, 0.25) is 11.8 Å². The second-order valence-corrected chi connectivity index (χ2v) is 5.46. The van der Waals surface area contributed by atoms with Crippen molar-refractivity contribution in [1.29, 1.82) is 0 Å². The summed E-state index contributed by atoms with van der Waals surface area (Å²) in [6.07, 6.45) is 4.55. The first kappa shape index (κ1) is 13.1. The van der Waals surface area contributed by atoms with Gasteiger partial charge in [0.05, 0.1) is 17.8 Å². The van der Waals surface area contributed by atoms with Gasteiger partial charge in [-0.05, 0) is 13.0 Å². The van der Waals surface area contributed by atoms with Gasteiger partial charge >= 0.3 is 0 Å².